The van der Waals surface area contributed by atoms with Crippen LogP contribution in [-0.4, -0.2) is 16.0 Å². The number of rotatable bonds is 6. The molecule has 0 aliphatic rings. The third-order valence-corrected chi connectivity index (χ3v) is 4.90. The van der Waals surface area contributed by atoms with Crippen molar-refractivity contribution < 1.29 is 0 Å². The fourth-order valence-electron chi connectivity index (χ4n) is 3.34. The second kappa shape index (κ2) is 8.57. The second-order valence-corrected chi connectivity index (χ2v) is 6.96. The van der Waals surface area contributed by atoms with Crippen LogP contribution in [0.2, 0.25) is 0 Å². The molecule has 4 heteroatoms. The molecule has 0 saturated heterocycles. The minimum Gasteiger partial charge on any atom is -0.261 e. The summed E-state index contributed by atoms with van der Waals surface area (Å²) in [5.41, 5.74) is 6.40. The van der Waals surface area contributed by atoms with Crippen LogP contribution in [0.5, 0.6) is 0 Å². The molecular weight excluding hydrogens is 356 g/mol. The number of anilines is 1. The molecule has 29 heavy (non-hydrogen) atoms. The van der Waals surface area contributed by atoms with Crippen LogP contribution in [0.4, 0.5) is 5.69 Å². The van der Waals surface area contributed by atoms with Gasteiger partial charge in [-0.3, -0.25) is 5.01 Å². The fraction of sp³-hybridized carbons (Fsp3) is 0.120. The number of hydrogen-bond acceptors (Lipinski definition) is 3. The minimum atomic E-state index is 0.701. The first-order valence-electron chi connectivity index (χ1n) is 9.74. The van der Waals surface area contributed by atoms with E-state index in [9.17, 15) is 0 Å². The van der Waals surface area contributed by atoms with Crippen LogP contribution in [0, 0.1) is 13.8 Å². The Hall–Kier alpha value is -3.66. The lowest BCUT2D eigenvalue weighted by atomic mass is 10.2. The van der Waals surface area contributed by atoms with Gasteiger partial charge in [-0.2, -0.15) is 10.2 Å². The van der Waals surface area contributed by atoms with Gasteiger partial charge in [0, 0.05) is 5.56 Å². The monoisotopic (exact) mass is 380 g/mol. The maximum Gasteiger partial charge on any atom is 0.0689 e. The van der Waals surface area contributed by atoms with E-state index in [1.165, 1.54) is 5.56 Å². The first kappa shape index (κ1) is 18.7. The molecule has 4 rings (SSSR count). The number of para-hydroxylation sites is 2. The molecule has 0 radical (unpaired) electrons. The van der Waals surface area contributed by atoms with E-state index in [4.69, 9.17) is 10.2 Å². The molecule has 1 heterocycles. The summed E-state index contributed by atoms with van der Waals surface area (Å²) in [5, 5.41) is 11.6. The molecule has 0 unspecified atom stereocenters. The van der Waals surface area contributed by atoms with Gasteiger partial charge < -0.3 is 0 Å². The zero-order chi connectivity index (χ0) is 20.1. The SMILES string of the molecule is Cc1nn(-c2ccccc2)c(C)c1/C=N/N(Cc1ccccc1)c1ccccc1. The number of nitrogens with zero attached hydrogens (tertiary/aromatic N) is 4. The van der Waals surface area contributed by atoms with Gasteiger partial charge in [-0.1, -0.05) is 66.7 Å². The van der Waals surface area contributed by atoms with Gasteiger partial charge in [-0.05, 0) is 43.7 Å². The van der Waals surface area contributed by atoms with Gasteiger partial charge in [0.1, 0.15) is 0 Å². The van der Waals surface area contributed by atoms with Crippen LogP contribution >= 0.6 is 0 Å². The molecule has 4 nitrogen and oxygen atoms in total. The van der Waals surface area contributed by atoms with Gasteiger partial charge in [0.15, 0.2) is 0 Å². The van der Waals surface area contributed by atoms with E-state index in [2.05, 4.69) is 55.5 Å². The number of hydrogen-bond donors (Lipinski definition) is 0. The van der Waals surface area contributed by atoms with E-state index in [0.717, 1.165) is 28.3 Å². The Labute approximate surface area is 171 Å². The van der Waals surface area contributed by atoms with Gasteiger partial charge in [-0.15, -0.1) is 0 Å². The molecular formula is C25H24N4. The van der Waals surface area contributed by atoms with Crippen molar-refractivity contribution >= 4 is 11.9 Å². The topological polar surface area (TPSA) is 33.4 Å². The Morgan fingerprint density at radius 3 is 2.07 bits per heavy atom. The highest BCUT2D eigenvalue weighted by Gasteiger charge is 2.12. The quantitative estimate of drug-likeness (QED) is 0.325. The maximum atomic E-state index is 4.84. The molecule has 0 aliphatic carbocycles. The summed E-state index contributed by atoms with van der Waals surface area (Å²) in [5.74, 6) is 0. The van der Waals surface area contributed by atoms with Gasteiger partial charge in [0.2, 0.25) is 0 Å². The normalized spacial score (nSPS) is 11.1. The summed E-state index contributed by atoms with van der Waals surface area (Å²) in [6.45, 7) is 4.81. The molecule has 0 bridgehead atoms. The highest BCUT2D eigenvalue weighted by molar-refractivity contribution is 5.83. The average molecular weight is 380 g/mol. The van der Waals surface area contributed by atoms with Gasteiger partial charge in [0.25, 0.3) is 0 Å². The Kier molecular flexibility index (Phi) is 5.52. The molecule has 0 atom stereocenters. The molecule has 0 spiro atoms. The Balaban J connectivity index is 1.67. The van der Waals surface area contributed by atoms with Crippen molar-refractivity contribution in [3.63, 3.8) is 0 Å². The molecule has 3 aromatic carbocycles. The fourth-order valence-corrected chi connectivity index (χ4v) is 3.34. The third-order valence-electron chi connectivity index (χ3n) is 4.90. The van der Waals surface area contributed by atoms with Crippen molar-refractivity contribution in [2.75, 3.05) is 5.01 Å². The van der Waals surface area contributed by atoms with Crippen molar-refractivity contribution in [1.29, 1.82) is 0 Å². The van der Waals surface area contributed by atoms with Gasteiger partial charge >= 0.3 is 0 Å². The molecule has 4 aromatic rings. The van der Waals surface area contributed by atoms with Crippen LogP contribution in [0.3, 0.4) is 0 Å². The number of hydrazone groups is 1. The van der Waals surface area contributed by atoms with Crippen molar-refractivity contribution in [2.24, 2.45) is 5.10 Å². The standard InChI is InChI=1S/C25H24N4/c1-20-25(21(2)29(27-20)24-16-10-5-11-17-24)18-26-28(23-14-8-4-9-15-23)19-22-12-6-3-7-13-22/h3-18H,19H2,1-2H3/b26-18+. The predicted octanol–water partition coefficient (Wildman–Crippen LogP) is 5.53. The van der Waals surface area contributed by atoms with Crippen molar-refractivity contribution in [1.82, 2.24) is 9.78 Å². The molecule has 0 aliphatic heterocycles. The largest absolute Gasteiger partial charge is 0.261 e. The van der Waals surface area contributed by atoms with Crippen molar-refractivity contribution in [3.05, 3.63) is 114 Å². The summed E-state index contributed by atoms with van der Waals surface area (Å²) in [4.78, 5) is 0. The smallest absolute Gasteiger partial charge is 0.0689 e. The highest BCUT2D eigenvalue weighted by atomic mass is 15.4. The summed E-state index contributed by atoms with van der Waals surface area (Å²) < 4.78 is 1.97. The number of benzene rings is 3. The lowest BCUT2D eigenvalue weighted by Crippen LogP contribution is -2.16. The van der Waals surface area contributed by atoms with E-state index in [0.29, 0.717) is 6.54 Å². The third kappa shape index (κ3) is 4.27. The lowest BCUT2D eigenvalue weighted by molar-refractivity contribution is 0.833. The molecule has 0 fully saturated rings. The molecule has 0 saturated carbocycles. The minimum absolute atomic E-state index is 0.701. The van der Waals surface area contributed by atoms with Crippen molar-refractivity contribution in [2.45, 2.75) is 20.4 Å². The summed E-state index contributed by atoms with van der Waals surface area (Å²) in [7, 11) is 0. The zero-order valence-electron chi connectivity index (χ0n) is 16.7. The Morgan fingerprint density at radius 2 is 1.41 bits per heavy atom. The summed E-state index contributed by atoms with van der Waals surface area (Å²) in [6, 6.07) is 30.8. The molecule has 0 N–H and O–H groups in total. The van der Waals surface area contributed by atoms with Crippen LogP contribution in [-0.2, 0) is 6.54 Å². The average Bonchev–Trinajstić information content (AvgIpc) is 3.06. The van der Waals surface area contributed by atoms with Crippen molar-refractivity contribution in [3.8, 4) is 5.69 Å². The van der Waals surface area contributed by atoms with E-state index in [1.807, 2.05) is 65.3 Å². The summed E-state index contributed by atoms with van der Waals surface area (Å²) >= 11 is 0. The number of aryl methyl sites for hydroxylation is 1. The van der Waals surface area contributed by atoms with Crippen LogP contribution < -0.4 is 5.01 Å². The van der Waals surface area contributed by atoms with E-state index in [-0.39, 0.29) is 0 Å². The summed E-state index contributed by atoms with van der Waals surface area (Å²) in [6.07, 6.45) is 1.92. The molecule has 1 aromatic heterocycles. The zero-order valence-corrected chi connectivity index (χ0v) is 16.7. The second-order valence-electron chi connectivity index (χ2n) is 6.96. The molecule has 0 amide bonds. The van der Waals surface area contributed by atoms with E-state index >= 15 is 0 Å². The van der Waals surface area contributed by atoms with Crippen LogP contribution in [0.1, 0.15) is 22.5 Å². The first-order chi connectivity index (χ1) is 14.2. The lowest BCUT2D eigenvalue weighted by Gasteiger charge is -2.19. The Morgan fingerprint density at radius 1 is 0.828 bits per heavy atom. The van der Waals surface area contributed by atoms with Gasteiger partial charge in [0.05, 0.1) is 35.5 Å². The molecule has 144 valence electrons. The van der Waals surface area contributed by atoms with Gasteiger partial charge in [-0.25, -0.2) is 4.68 Å². The van der Waals surface area contributed by atoms with Crippen LogP contribution in [0.15, 0.2) is 96.1 Å². The Bertz CT molecular complexity index is 1080. The highest BCUT2D eigenvalue weighted by Crippen LogP contribution is 2.19. The van der Waals surface area contributed by atoms with Crippen LogP contribution in [0.25, 0.3) is 5.69 Å². The van der Waals surface area contributed by atoms with E-state index < -0.39 is 0 Å². The maximum absolute atomic E-state index is 4.84. The number of aromatic nitrogens is 2. The first-order valence-corrected chi connectivity index (χ1v) is 9.74. The predicted molar refractivity (Wildman–Crippen MR) is 120 cm³/mol. The van der Waals surface area contributed by atoms with E-state index in [1.54, 1.807) is 0 Å².